The highest BCUT2D eigenvalue weighted by Crippen LogP contribution is 2.40. The monoisotopic (exact) mass is 320 g/mol. The molecule has 0 aliphatic heterocycles. The summed E-state index contributed by atoms with van der Waals surface area (Å²) >= 11 is 1.50. The minimum Gasteiger partial charge on any atom is -0.481 e. The molecule has 1 aliphatic rings. The number of fused-ring (bicyclic) bond motifs is 1. The molecule has 0 bridgehead atoms. The first-order valence-electron chi connectivity index (χ1n) is 7.61. The molecular weight excluding hydrogens is 300 g/mol. The van der Waals surface area contributed by atoms with E-state index in [0.717, 1.165) is 31.2 Å². The molecule has 1 aliphatic carbocycles. The predicted octanol–water partition coefficient (Wildman–Crippen LogP) is 3.33. The van der Waals surface area contributed by atoms with Gasteiger partial charge in [-0.1, -0.05) is 13.3 Å². The van der Waals surface area contributed by atoms with Gasteiger partial charge in [0.25, 0.3) is 0 Å². The zero-order valence-electron chi connectivity index (χ0n) is 12.6. The van der Waals surface area contributed by atoms with Crippen molar-refractivity contribution < 1.29 is 14.7 Å². The number of carboxylic acids is 1. The topological polar surface area (TPSA) is 90.2 Å². The van der Waals surface area contributed by atoms with Gasteiger partial charge >= 0.3 is 5.97 Å². The lowest BCUT2D eigenvalue weighted by Crippen LogP contribution is -2.12. The van der Waals surface area contributed by atoms with Crippen LogP contribution in [0.2, 0.25) is 0 Å². The second-order valence-electron chi connectivity index (χ2n) is 5.63. The fourth-order valence-corrected chi connectivity index (χ4v) is 4.13. The van der Waals surface area contributed by atoms with Crippen molar-refractivity contribution in [2.24, 2.45) is 5.92 Å². The van der Waals surface area contributed by atoms with Crippen molar-refractivity contribution in [3.05, 3.63) is 16.0 Å². The normalized spacial score (nSPS) is 16.6. The van der Waals surface area contributed by atoms with Gasteiger partial charge in [0, 0.05) is 17.7 Å². The van der Waals surface area contributed by atoms with Crippen molar-refractivity contribution >= 4 is 28.2 Å². The number of hydrogen-bond acceptors (Lipinski definition) is 4. The zero-order chi connectivity index (χ0) is 16.1. The first kappa shape index (κ1) is 16.5. The molecule has 0 fully saturated rings. The number of nitrogens with zero attached hydrogens (tertiary/aromatic N) is 1. The van der Waals surface area contributed by atoms with Gasteiger partial charge in [-0.15, -0.1) is 11.3 Å². The van der Waals surface area contributed by atoms with Gasteiger partial charge in [0.15, 0.2) is 0 Å². The van der Waals surface area contributed by atoms with Crippen LogP contribution in [-0.2, 0) is 22.4 Å². The Morgan fingerprint density at radius 2 is 2.23 bits per heavy atom. The molecule has 0 saturated carbocycles. The quantitative estimate of drug-likeness (QED) is 0.841. The molecule has 0 aromatic carbocycles. The Hall–Kier alpha value is -1.87. The Morgan fingerprint density at radius 3 is 2.86 bits per heavy atom. The molecule has 2 rings (SSSR count). The summed E-state index contributed by atoms with van der Waals surface area (Å²) in [6, 6.07) is 2.22. The molecule has 6 heteroatoms. The Balaban J connectivity index is 2.05. The van der Waals surface area contributed by atoms with Crippen LogP contribution in [0.1, 0.15) is 55.0 Å². The molecule has 0 radical (unpaired) electrons. The van der Waals surface area contributed by atoms with Crippen LogP contribution in [0.4, 0.5) is 5.00 Å². The van der Waals surface area contributed by atoms with Crippen LogP contribution in [-0.4, -0.2) is 17.0 Å². The van der Waals surface area contributed by atoms with Crippen LogP contribution in [0.15, 0.2) is 0 Å². The van der Waals surface area contributed by atoms with E-state index in [1.54, 1.807) is 0 Å². The molecule has 1 unspecified atom stereocenters. The van der Waals surface area contributed by atoms with E-state index in [1.165, 1.54) is 16.2 Å². The summed E-state index contributed by atoms with van der Waals surface area (Å²) in [6.07, 6.45) is 4.58. The number of carbonyl (C=O) groups is 2. The SMILES string of the molecule is CCC1CCc2c(sc(NC(=O)CCCC(=O)O)c2C#N)C1. The fourth-order valence-electron chi connectivity index (χ4n) is 2.80. The van der Waals surface area contributed by atoms with Crippen molar-refractivity contribution in [1.29, 1.82) is 5.26 Å². The number of amides is 1. The Kier molecular flexibility index (Phi) is 5.56. The average molecular weight is 320 g/mol. The molecule has 1 atom stereocenters. The summed E-state index contributed by atoms with van der Waals surface area (Å²) in [4.78, 5) is 23.6. The number of nitriles is 1. The minimum absolute atomic E-state index is 0.0162. The van der Waals surface area contributed by atoms with E-state index in [0.29, 0.717) is 22.9 Å². The number of anilines is 1. The maximum atomic E-state index is 11.9. The Labute approximate surface area is 134 Å². The third-order valence-electron chi connectivity index (χ3n) is 4.10. The number of carboxylic acid groups (broad SMARTS) is 1. The Bertz CT molecular complexity index is 616. The number of aliphatic carboxylic acids is 1. The van der Waals surface area contributed by atoms with Crippen LogP contribution in [0.5, 0.6) is 0 Å². The van der Waals surface area contributed by atoms with E-state index in [2.05, 4.69) is 18.3 Å². The average Bonchev–Trinajstić information content (AvgIpc) is 2.82. The largest absolute Gasteiger partial charge is 0.481 e. The summed E-state index contributed by atoms with van der Waals surface area (Å²) < 4.78 is 0. The van der Waals surface area contributed by atoms with Gasteiger partial charge in [-0.2, -0.15) is 5.26 Å². The van der Waals surface area contributed by atoms with Gasteiger partial charge < -0.3 is 10.4 Å². The zero-order valence-corrected chi connectivity index (χ0v) is 13.5. The third kappa shape index (κ3) is 3.86. The van der Waals surface area contributed by atoms with Gasteiger partial charge in [0.2, 0.25) is 5.91 Å². The van der Waals surface area contributed by atoms with Crippen LogP contribution in [0.25, 0.3) is 0 Å². The number of thiophene rings is 1. The van der Waals surface area contributed by atoms with E-state index >= 15 is 0 Å². The predicted molar refractivity (Wildman–Crippen MR) is 85.0 cm³/mol. The molecular formula is C16H20N2O3S. The molecule has 1 heterocycles. The first-order valence-corrected chi connectivity index (χ1v) is 8.43. The second-order valence-corrected chi connectivity index (χ2v) is 6.74. The van der Waals surface area contributed by atoms with Crippen LogP contribution < -0.4 is 5.32 Å². The lowest BCUT2D eigenvalue weighted by molar-refractivity contribution is -0.137. The lowest BCUT2D eigenvalue weighted by atomic mass is 9.86. The molecule has 1 amide bonds. The number of hydrogen-bond donors (Lipinski definition) is 2. The van der Waals surface area contributed by atoms with Crippen molar-refractivity contribution in [3.63, 3.8) is 0 Å². The van der Waals surface area contributed by atoms with Crippen LogP contribution in [0, 0.1) is 17.2 Å². The summed E-state index contributed by atoms with van der Waals surface area (Å²) in [5, 5.41) is 21.4. The molecule has 22 heavy (non-hydrogen) atoms. The highest BCUT2D eigenvalue weighted by molar-refractivity contribution is 7.16. The van der Waals surface area contributed by atoms with Crippen molar-refractivity contribution in [1.82, 2.24) is 0 Å². The van der Waals surface area contributed by atoms with Gasteiger partial charge in [-0.25, -0.2) is 0 Å². The van der Waals surface area contributed by atoms with Gasteiger partial charge in [0.05, 0.1) is 5.56 Å². The highest BCUT2D eigenvalue weighted by atomic mass is 32.1. The van der Waals surface area contributed by atoms with Crippen LogP contribution >= 0.6 is 11.3 Å². The van der Waals surface area contributed by atoms with Crippen LogP contribution in [0.3, 0.4) is 0 Å². The smallest absolute Gasteiger partial charge is 0.303 e. The second kappa shape index (κ2) is 7.41. The van der Waals surface area contributed by atoms with E-state index in [9.17, 15) is 14.9 Å². The molecule has 0 spiro atoms. The number of carbonyl (C=O) groups excluding carboxylic acids is 1. The Morgan fingerprint density at radius 1 is 1.45 bits per heavy atom. The van der Waals surface area contributed by atoms with Gasteiger partial charge in [-0.3, -0.25) is 9.59 Å². The summed E-state index contributed by atoms with van der Waals surface area (Å²) in [7, 11) is 0. The number of nitrogens with one attached hydrogen (secondary N) is 1. The van der Waals surface area contributed by atoms with Gasteiger partial charge in [0.1, 0.15) is 11.1 Å². The van der Waals surface area contributed by atoms with Crippen molar-refractivity contribution in [2.75, 3.05) is 5.32 Å². The molecule has 118 valence electrons. The first-order chi connectivity index (χ1) is 10.5. The molecule has 0 saturated heterocycles. The maximum absolute atomic E-state index is 11.9. The van der Waals surface area contributed by atoms with E-state index in [4.69, 9.17) is 5.11 Å². The highest BCUT2D eigenvalue weighted by Gasteiger charge is 2.25. The minimum atomic E-state index is -0.900. The molecule has 1 aromatic rings. The standard InChI is InChI=1S/C16H20N2O3S/c1-2-10-6-7-11-12(9-17)16(22-13(11)8-10)18-14(19)4-3-5-15(20)21/h10H,2-8H2,1H3,(H,18,19)(H,20,21). The van der Waals surface area contributed by atoms with Gasteiger partial charge in [-0.05, 0) is 37.2 Å². The third-order valence-corrected chi connectivity index (χ3v) is 5.27. The summed E-state index contributed by atoms with van der Waals surface area (Å²) in [5.74, 6) is -0.456. The maximum Gasteiger partial charge on any atom is 0.303 e. The van der Waals surface area contributed by atoms with E-state index in [-0.39, 0.29) is 18.7 Å². The summed E-state index contributed by atoms with van der Waals surface area (Å²) in [5.41, 5.74) is 1.69. The molecule has 1 aromatic heterocycles. The van der Waals surface area contributed by atoms with E-state index in [1.807, 2.05) is 0 Å². The van der Waals surface area contributed by atoms with Crippen molar-refractivity contribution in [3.8, 4) is 6.07 Å². The fraction of sp³-hybridized carbons (Fsp3) is 0.562. The number of rotatable bonds is 6. The van der Waals surface area contributed by atoms with E-state index < -0.39 is 5.97 Å². The lowest BCUT2D eigenvalue weighted by Gasteiger charge is -2.20. The summed E-state index contributed by atoms with van der Waals surface area (Å²) in [6.45, 7) is 2.18. The molecule has 5 nitrogen and oxygen atoms in total. The van der Waals surface area contributed by atoms with Crippen molar-refractivity contribution in [2.45, 2.75) is 51.9 Å². The molecule has 2 N–H and O–H groups in total.